The fourth-order valence-electron chi connectivity index (χ4n) is 1.85. The number of hydrogen-bond acceptors (Lipinski definition) is 4. The third-order valence-corrected chi connectivity index (χ3v) is 3.70. The van der Waals surface area contributed by atoms with Crippen molar-refractivity contribution in [3.8, 4) is 5.75 Å². The van der Waals surface area contributed by atoms with Gasteiger partial charge in [0, 0.05) is 17.1 Å². The largest absolute Gasteiger partial charge is 0.487 e. The highest BCUT2D eigenvalue weighted by molar-refractivity contribution is 7.15. The number of nitrogens with zero attached hydrogens (tertiary/aromatic N) is 2. The molecule has 19 heavy (non-hydrogen) atoms. The van der Waals surface area contributed by atoms with Crippen LogP contribution in [-0.4, -0.2) is 9.38 Å². The minimum Gasteiger partial charge on any atom is -0.487 e. The minimum absolute atomic E-state index is 0.0598. The molecule has 0 unspecified atom stereocenters. The van der Waals surface area contributed by atoms with Crippen LogP contribution in [0.1, 0.15) is 11.4 Å². The van der Waals surface area contributed by atoms with E-state index in [-0.39, 0.29) is 5.56 Å². The quantitative estimate of drug-likeness (QED) is 0.736. The Balaban J connectivity index is 1.88. The molecular formula is C14H12N2O2S. The summed E-state index contributed by atoms with van der Waals surface area (Å²) < 4.78 is 7.20. The molecule has 0 radical (unpaired) electrons. The van der Waals surface area contributed by atoms with E-state index < -0.39 is 0 Å². The van der Waals surface area contributed by atoms with Crippen molar-refractivity contribution in [1.29, 1.82) is 0 Å². The van der Waals surface area contributed by atoms with Gasteiger partial charge in [-0.25, -0.2) is 4.98 Å². The van der Waals surface area contributed by atoms with Crippen LogP contribution in [0.3, 0.4) is 0 Å². The van der Waals surface area contributed by atoms with Gasteiger partial charge >= 0.3 is 0 Å². The van der Waals surface area contributed by atoms with Gasteiger partial charge in [-0.05, 0) is 19.1 Å². The van der Waals surface area contributed by atoms with E-state index in [1.807, 2.05) is 42.6 Å². The number of thiazole rings is 1. The van der Waals surface area contributed by atoms with Crippen LogP contribution < -0.4 is 10.3 Å². The minimum atomic E-state index is -0.0598. The van der Waals surface area contributed by atoms with Crippen molar-refractivity contribution < 1.29 is 4.74 Å². The zero-order valence-electron chi connectivity index (χ0n) is 10.4. The van der Waals surface area contributed by atoms with E-state index in [4.69, 9.17) is 4.74 Å². The van der Waals surface area contributed by atoms with Crippen LogP contribution in [0.2, 0.25) is 0 Å². The number of fused-ring (bicyclic) bond motifs is 1. The number of hydrogen-bond donors (Lipinski definition) is 0. The molecule has 0 bridgehead atoms. The Morgan fingerprint density at radius 3 is 2.89 bits per heavy atom. The van der Waals surface area contributed by atoms with E-state index in [0.29, 0.717) is 17.3 Å². The second kappa shape index (κ2) is 4.85. The topological polar surface area (TPSA) is 43.6 Å². The lowest BCUT2D eigenvalue weighted by atomic mass is 10.3. The third-order valence-electron chi connectivity index (χ3n) is 2.76. The summed E-state index contributed by atoms with van der Waals surface area (Å²) in [4.78, 5) is 17.1. The Morgan fingerprint density at radius 1 is 1.32 bits per heavy atom. The summed E-state index contributed by atoms with van der Waals surface area (Å²) >= 11 is 1.46. The lowest BCUT2D eigenvalue weighted by Crippen LogP contribution is -2.15. The molecule has 0 spiro atoms. The van der Waals surface area contributed by atoms with Crippen LogP contribution >= 0.6 is 11.3 Å². The molecular weight excluding hydrogens is 260 g/mol. The van der Waals surface area contributed by atoms with Crippen molar-refractivity contribution >= 4 is 16.3 Å². The van der Waals surface area contributed by atoms with Crippen molar-refractivity contribution in [2.45, 2.75) is 13.5 Å². The summed E-state index contributed by atoms with van der Waals surface area (Å²) in [5, 5.41) is 1.92. The van der Waals surface area contributed by atoms with Gasteiger partial charge in [-0.15, -0.1) is 11.3 Å². The molecule has 0 atom stereocenters. The highest BCUT2D eigenvalue weighted by atomic mass is 32.1. The average molecular weight is 272 g/mol. The van der Waals surface area contributed by atoms with Crippen LogP contribution in [0, 0.1) is 6.92 Å². The number of benzene rings is 1. The van der Waals surface area contributed by atoms with Crippen molar-refractivity contribution in [2.75, 3.05) is 0 Å². The standard InChI is InChI=1S/C14H12N2O2S/c1-10-9-19-14-15-11(7-13(17)16(10)14)8-18-12-5-3-2-4-6-12/h2-7,9H,8H2,1H3. The molecule has 4 nitrogen and oxygen atoms in total. The monoisotopic (exact) mass is 272 g/mol. The molecule has 2 aromatic heterocycles. The Labute approximate surface area is 113 Å². The first-order valence-electron chi connectivity index (χ1n) is 5.89. The van der Waals surface area contributed by atoms with Gasteiger partial charge in [0.2, 0.25) is 0 Å². The zero-order chi connectivity index (χ0) is 13.2. The first-order chi connectivity index (χ1) is 9.24. The van der Waals surface area contributed by atoms with Gasteiger partial charge in [0.25, 0.3) is 5.56 Å². The molecule has 3 rings (SSSR count). The van der Waals surface area contributed by atoms with Crippen molar-refractivity contribution in [3.63, 3.8) is 0 Å². The lowest BCUT2D eigenvalue weighted by Gasteiger charge is -2.05. The van der Waals surface area contributed by atoms with Crippen LogP contribution in [-0.2, 0) is 6.61 Å². The first kappa shape index (κ1) is 11.9. The Hall–Kier alpha value is -2.14. The molecule has 96 valence electrons. The van der Waals surface area contributed by atoms with Gasteiger partial charge in [-0.3, -0.25) is 9.20 Å². The van der Waals surface area contributed by atoms with E-state index in [9.17, 15) is 4.79 Å². The number of rotatable bonds is 3. The van der Waals surface area contributed by atoms with E-state index in [0.717, 1.165) is 11.4 Å². The average Bonchev–Trinajstić information content (AvgIpc) is 2.80. The maximum atomic E-state index is 12.0. The number of ether oxygens (including phenoxy) is 1. The molecule has 0 fully saturated rings. The van der Waals surface area contributed by atoms with E-state index in [2.05, 4.69) is 4.98 Å². The summed E-state index contributed by atoms with van der Waals surface area (Å²) in [5.74, 6) is 0.770. The maximum Gasteiger partial charge on any atom is 0.259 e. The second-order valence-electron chi connectivity index (χ2n) is 4.18. The second-order valence-corrected chi connectivity index (χ2v) is 5.02. The molecule has 0 amide bonds. The molecule has 0 saturated heterocycles. The molecule has 5 heteroatoms. The normalized spacial score (nSPS) is 10.8. The fraction of sp³-hybridized carbons (Fsp3) is 0.143. The van der Waals surface area contributed by atoms with Crippen molar-refractivity contribution in [2.24, 2.45) is 0 Å². The third kappa shape index (κ3) is 2.37. The summed E-state index contributed by atoms with van der Waals surface area (Å²) in [7, 11) is 0. The molecule has 3 aromatic rings. The van der Waals surface area contributed by atoms with Crippen molar-refractivity contribution in [3.05, 3.63) is 63.5 Å². The SMILES string of the molecule is Cc1csc2nc(COc3ccccc3)cc(=O)n12. The number of para-hydroxylation sites is 1. The van der Waals surface area contributed by atoms with Gasteiger partial charge < -0.3 is 4.74 Å². The van der Waals surface area contributed by atoms with Gasteiger partial charge in [-0.1, -0.05) is 18.2 Å². The van der Waals surface area contributed by atoms with Gasteiger partial charge in [0.05, 0.1) is 5.69 Å². The summed E-state index contributed by atoms with van der Waals surface area (Å²) in [5.41, 5.74) is 1.50. The molecule has 0 aliphatic rings. The smallest absolute Gasteiger partial charge is 0.259 e. The van der Waals surface area contributed by atoms with E-state index in [1.165, 1.54) is 17.4 Å². The highest BCUT2D eigenvalue weighted by Gasteiger charge is 2.06. The predicted molar refractivity (Wildman–Crippen MR) is 74.9 cm³/mol. The molecule has 0 aliphatic heterocycles. The van der Waals surface area contributed by atoms with E-state index in [1.54, 1.807) is 4.40 Å². The van der Waals surface area contributed by atoms with Crippen LogP contribution in [0.4, 0.5) is 0 Å². The van der Waals surface area contributed by atoms with Gasteiger partial charge in [0.15, 0.2) is 4.96 Å². The Bertz CT molecular complexity index is 762. The van der Waals surface area contributed by atoms with Gasteiger partial charge in [-0.2, -0.15) is 0 Å². The first-order valence-corrected chi connectivity index (χ1v) is 6.76. The molecule has 0 N–H and O–H groups in total. The van der Waals surface area contributed by atoms with E-state index >= 15 is 0 Å². The molecule has 0 aliphatic carbocycles. The lowest BCUT2D eigenvalue weighted by molar-refractivity contribution is 0.301. The highest BCUT2D eigenvalue weighted by Crippen LogP contribution is 2.13. The van der Waals surface area contributed by atoms with Gasteiger partial charge in [0.1, 0.15) is 12.4 Å². The molecule has 2 heterocycles. The number of aromatic nitrogens is 2. The van der Waals surface area contributed by atoms with Crippen molar-refractivity contribution in [1.82, 2.24) is 9.38 Å². The summed E-state index contributed by atoms with van der Waals surface area (Å²) in [6, 6.07) is 11.0. The van der Waals surface area contributed by atoms with Crippen LogP contribution in [0.25, 0.3) is 4.96 Å². The molecule has 0 saturated carbocycles. The van der Waals surface area contributed by atoms with Crippen LogP contribution in [0.15, 0.2) is 46.6 Å². The summed E-state index contributed by atoms with van der Waals surface area (Å²) in [6.07, 6.45) is 0. The summed E-state index contributed by atoms with van der Waals surface area (Å²) in [6.45, 7) is 2.19. The fourth-order valence-corrected chi connectivity index (χ4v) is 2.74. The van der Waals surface area contributed by atoms with Crippen LogP contribution in [0.5, 0.6) is 5.75 Å². The molecule has 1 aromatic carbocycles. The Morgan fingerprint density at radius 2 is 2.11 bits per heavy atom. The maximum absolute atomic E-state index is 12.0. The number of aryl methyl sites for hydroxylation is 1. The predicted octanol–water partition coefficient (Wildman–Crippen LogP) is 2.64. The Kier molecular flexibility index (Phi) is 3.05. The zero-order valence-corrected chi connectivity index (χ0v) is 11.2.